The van der Waals surface area contributed by atoms with Crippen molar-refractivity contribution in [3.05, 3.63) is 83.4 Å². The van der Waals surface area contributed by atoms with E-state index in [1.807, 2.05) is 37.3 Å². The van der Waals surface area contributed by atoms with Crippen LogP contribution in [-0.4, -0.2) is 58.5 Å². The molecule has 3 N–H and O–H groups in total. The number of carbonyl (C=O) groups is 1. The van der Waals surface area contributed by atoms with E-state index in [1.165, 1.54) is 6.42 Å². The lowest BCUT2D eigenvalue weighted by molar-refractivity contribution is -0.121. The maximum atomic E-state index is 13.3. The Hall–Kier alpha value is -3.81. The molecule has 3 atom stereocenters. The molecule has 2 heterocycles. The molecule has 1 amide bonds. The Bertz CT molecular complexity index is 1380. The van der Waals surface area contributed by atoms with Crippen LogP contribution in [0.15, 0.2) is 66.7 Å². The lowest BCUT2D eigenvalue weighted by Crippen LogP contribution is -2.40. The van der Waals surface area contributed by atoms with E-state index in [4.69, 9.17) is 4.74 Å². The molecule has 1 saturated heterocycles. The second kappa shape index (κ2) is 11.1. The van der Waals surface area contributed by atoms with Gasteiger partial charge in [-0.15, -0.1) is 0 Å². The predicted molar refractivity (Wildman–Crippen MR) is 153 cm³/mol. The van der Waals surface area contributed by atoms with Gasteiger partial charge in [0.15, 0.2) is 0 Å². The number of rotatable bonds is 7. The Morgan fingerprint density at radius 1 is 1.05 bits per heavy atom. The van der Waals surface area contributed by atoms with Crippen LogP contribution in [-0.2, 0) is 4.79 Å². The van der Waals surface area contributed by atoms with Gasteiger partial charge in [0, 0.05) is 18.2 Å². The molecule has 5 rings (SSSR count). The van der Waals surface area contributed by atoms with E-state index < -0.39 is 18.6 Å². The molecule has 0 radical (unpaired) electrons. The van der Waals surface area contributed by atoms with Gasteiger partial charge in [-0.05, 0) is 97.5 Å². The molecule has 2 aliphatic rings. The van der Waals surface area contributed by atoms with Gasteiger partial charge < -0.3 is 20.1 Å². The van der Waals surface area contributed by atoms with E-state index in [0.29, 0.717) is 23.9 Å². The average Bonchev–Trinajstić information content (AvgIpc) is 3.38. The van der Waals surface area contributed by atoms with Gasteiger partial charge in [0.2, 0.25) is 0 Å². The van der Waals surface area contributed by atoms with E-state index in [9.17, 15) is 20.1 Å². The van der Waals surface area contributed by atoms with E-state index >= 15 is 0 Å². The number of ether oxygens (including phenoxy) is 1. The molecule has 3 aromatic carbocycles. The van der Waals surface area contributed by atoms with Crippen molar-refractivity contribution in [1.82, 2.24) is 4.90 Å². The molecule has 1 unspecified atom stereocenters. The summed E-state index contributed by atoms with van der Waals surface area (Å²) in [4.78, 5) is 17.3. The van der Waals surface area contributed by atoms with Crippen LogP contribution in [0.25, 0.3) is 11.1 Å². The van der Waals surface area contributed by atoms with E-state index in [1.54, 1.807) is 41.3 Å². The van der Waals surface area contributed by atoms with Gasteiger partial charge in [0.25, 0.3) is 5.91 Å². The molecule has 0 bridgehead atoms. The van der Waals surface area contributed by atoms with Crippen LogP contribution < -0.4 is 9.64 Å². The number of hydrogen-bond donors (Lipinski definition) is 3. The van der Waals surface area contributed by atoms with E-state index in [-0.39, 0.29) is 11.5 Å². The molecule has 1 fully saturated rings. The Morgan fingerprint density at radius 3 is 2.46 bits per heavy atom. The minimum Gasteiger partial charge on any atom is -0.508 e. The van der Waals surface area contributed by atoms with Gasteiger partial charge >= 0.3 is 0 Å². The number of nitrogens with zero attached hydrogens (tertiary/aromatic N) is 2. The number of amides is 1. The standard InChI is InChI=1S/C32H36N2O5/c1-20-13-14-33(17-20)21(2)19-39-27-10-7-23(8-11-27)32-31(24-5-4-6-25(36)15-24)22(3)28-16-26(37)9-12-29(28)34(32)30(38)18-35/h4-12,15-16,20-21,32,35-37H,13-14,17-19H2,1-3H3/t20-,21+,32?/m1/s1. The minimum absolute atomic E-state index is 0.0809. The zero-order chi connectivity index (χ0) is 27.7. The fourth-order valence-corrected chi connectivity index (χ4v) is 5.81. The van der Waals surface area contributed by atoms with Crippen LogP contribution in [0.1, 0.15) is 49.9 Å². The summed E-state index contributed by atoms with van der Waals surface area (Å²) in [6, 6.07) is 19.3. The highest BCUT2D eigenvalue weighted by Gasteiger charge is 2.37. The zero-order valence-corrected chi connectivity index (χ0v) is 22.7. The quantitative estimate of drug-likeness (QED) is 0.390. The fourth-order valence-electron chi connectivity index (χ4n) is 5.81. The van der Waals surface area contributed by atoms with Gasteiger partial charge in [-0.1, -0.05) is 31.2 Å². The molecule has 2 aliphatic heterocycles. The van der Waals surface area contributed by atoms with Crippen molar-refractivity contribution in [1.29, 1.82) is 0 Å². The highest BCUT2D eigenvalue weighted by atomic mass is 16.5. The van der Waals surface area contributed by atoms with E-state index in [2.05, 4.69) is 18.7 Å². The summed E-state index contributed by atoms with van der Waals surface area (Å²) in [6.07, 6.45) is 1.22. The lowest BCUT2D eigenvalue weighted by atomic mass is 9.81. The normalized spacial score (nSPS) is 20.2. The second-order valence-corrected chi connectivity index (χ2v) is 10.7. The van der Waals surface area contributed by atoms with Gasteiger partial charge in [-0.3, -0.25) is 14.6 Å². The largest absolute Gasteiger partial charge is 0.508 e. The first-order chi connectivity index (χ1) is 18.8. The molecule has 204 valence electrons. The molecule has 0 aromatic heterocycles. The van der Waals surface area contributed by atoms with Crippen LogP contribution in [0.5, 0.6) is 17.2 Å². The third kappa shape index (κ3) is 5.37. The molecule has 0 saturated carbocycles. The molecular formula is C32H36N2O5. The highest BCUT2D eigenvalue weighted by molar-refractivity contribution is 6.09. The number of benzene rings is 3. The molecular weight excluding hydrogens is 492 g/mol. The number of fused-ring (bicyclic) bond motifs is 1. The maximum absolute atomic E-state index is 13.3. The average molecular weight is 529 g/mol. The number of aromatic hydroxyl groups is 2. The summed E-state index contributed by atoms with van der Waals surface area (Å²) >= 11 is 0. The third-order valence-corrected chi connectivity index (χ3v) is 7.91. The first kappa shape index (κ1) is 26.8. The molecule has 3 aromatic rings. The van der Waals surface area contributed by atoms with Crippen LogP contribution in [0.4, 0.5) is 5.69 Å². The number of phenols is 2. The SMILES string of the molecule is CC1=C(c2cccc(O)c2)C(c2ccc(OC[C@H](C)N3CC[C@@H](C)C3)cc2)N(C(=O)CO)c2ccc(O)cc21. The number of aliphatic hydroxyl groups is 1. The lowest BCUT2D eigenvalue weighted by Gasteiger charge is -2.40. The highest BCUT2D eigenvalue weighted by Crippen LogP contribution is 2.50. The van der Waals surface area contributed by atoms with Gasteiger partial charge in [0.1, 0.15) is 30.5 Å². The zero-order valence-electron chi connectivity index (χ0n) is 22.7. The summed E-state index contributed by atoms with van der Waals surface area (Å²) in [5, 5.41) is 30.5. The van der Waals surface area contributed by atoms with Crippen molar-refractivity contribution in [3.63, 3.8) is 0 Å². The summed E-state index contributed by atoms with van der Waals surface area (Å²) < 4.78 is 6.14. The first-order valence-corrected chi connectivity index (χ1v) is 13.5. The number of hydrogen-bond acceptors (Lipinski definition) is 6. The van der Waals surface area contributed by atoms with Gasteiger partial charge in [0.05, 0.1) is 11.7 Å². The van der Waals surface area contributed by atoms with Gasteiger partial charge in [-0.2, -0.15) is 0 Å². The van der Waals surface area contributed by atoms with Crippen molar-refractivity contribution >= 4 is 22.7 Å². The third-order valence-electron chi connectivity index (χ3n) is 7.91. The van der Waals surface area contributed by atoms with Crippen LogP contribution in [0.2, 0.25) is 0 Å². The topological polar surface area (TPSA) is 93.5 Å². The summed E-state index contributed by atoms with van der Waals surface area (Å²) in [6.45, 7) is 8.55. The van der Waals surface area contributed by atoms with Crippen molar-refractivity contribution in [2.24, 2.45) is 5.92 Å². The summed E-state index contributed by atoms with van der Waals surface area (Å²) in [7, 11) is 0. The Labute approximate surface area is 229 Å². The van der Waals surface area contributed by atoms with Crippen molar-refractivity contribution in [2.45, 2.75) is 39.3 Å². The van der Waals surface area contributed by atoms with Crippen LogP contribution in [0, 0.1) is 5.92 Å². The fraction of sp³-hybridized carbons (Fsp3) is 0.344. The smallest absolute Gasteiger partial charge is 0.253 e. The first-order valence-electron chi connectivity index (χ1n) is 13.5. The Morgan fingerprint density at radius 2 is 1.79 bits per heavy atom. The number of allylic oxidation sites excluding steroid dienone is 1. The van der Waals surface area contributed by atoms with Crippen molar-refractivity contribution in [3.8, 4) is 17.2 Å². The molecule has 7 heteroatoms. The predicted octanol–water partition coefficient (Wildman–Crippen LogP) is 5.22. The summed E-state index contributed by atoms with van der Waals surface area (Å²) in [5.74, 6) is 1.19. The number of carbonyl (C=O) groups excluding carboxylic acids is 1. The van der Waals surface area contributed by atoms with Crippen molar-refractivity contribution < 1.29 is 24.9 Å². The van der Waals surface area contributed by atoms with Crippen LogP contribution in [0.3, 0.4) is 0 Å². The Kier molecular flexibility index (Phi) is 7.64. The summed E-state index contributed by atoms with van der Waals surface area (Å²) in [5.41, 5.74) is 4.55. The van der Waals surface area contributed by atoms with Gasteiger partial charge in [-0.25, -0.2) is 0 Å². The molecule has 0 aliphatic carbocycles. The second-order valence-electron chi connectivity index (χ2n) is 10.7. The molecule has 0 spiro atoms. The Balaban J connectivity index is 1.52. The van der Waals surface area contributed by atoms with E-state index in [0.717, 1.165) is 47.0 Å². The number of phenolic OH excluding ortho intramolecular Hbond substituents is 2. The molecule has 39 heavy (non-hydrogen) atoms. The number of likely N-dealkylation sites (tertiary alicyclic amines) is 1. The number of aliphatic hydroxyl groups excluding tert-OH is 1. The van der Waals surface area contributed by atoms with Crippen LogP contribution >= 0.6 is 0 Å². The minimum atomic E-state index is -0.669. The maximum Gasteiger partial charge on any atom is 0.253 e. The monoisotopic (exact) mass is 528 g/mol. The van der Waals surface area contributed by atoms with Crippen molar-refractivity contribution in [2.75, 3.05) is 31.2 Å². The number of anilines is 1. The molecule has 7 nitrogen and oxygen atoms in total.